The third-order valence-electron chi connectivity index (χ3n) is 4.26. The number of sulfone groups is 1. The number of aryl methyl sites for hydroxylation is 2. The minimum absolute atomic E-state index is 0.137. The zero-order chi connectivity index (χ0) is 15.4. The molecule has 2 aromatic carbocycles. The highest BCUT2D eigenvalue weighted by atomic mass is 32.2. The van der Waals surface area contributed by atoms with Crippen LogP contribution in [0.3, 0.4) is 0 Å². The molecule has 2 aromatic rings. The molecule has 1 aliphatic heterocycles. The second kappa shape index (κ2) is 4.70. The Morgan fingerprint density at radius 3 is 2.33 bits per heavy atom. The Balaban J connectivity index is 2.46. The van der Waals surface area contributed by atoms with E-state index in [2.05, 4.69) is 13.8 Å². The molecule has 3 heteroatoms. The Morgan fingerprint density at radius 2 is 1.67 bits per heavy atom. The molecule has 0 bridgehead atoms. The van der Waals surface area contributed by atoms with Gasteiger partial charge in [0.25, 0.3) is 0 Å². The lowest BCUT2D eigenvalue weighted by Crippen LogP contribution is -2.23. The number of rotatable bonds is 1. The summed E-state index contributed by atoms with van der Waals surface area (Å²) in [4.78, 5) is 0.994. The van der Waals surface area contributed by atoms with E-state index in [4.69, 9.17) is 0 Å². The van der Waals surface area contributed by atoms with Crippen LogP contribution in [0.5, 0.6) is 0 Å². The lowest BCUT2D eigenvalue weighted by atomic mass is 9.81. The largest absolute Gasteiger partial charge is 0.218 e. The van der Waals surface area contributed by atoms with Gasteiger partial charge in [0.2, 0.25) is 9.84 Å². The smallest absolute Gasteiger partial charge is 0.207 e. The van der Waals surface area contributed by atoms with Gasteiger partial charge in [-0.15, -0.1) is 0 Å². The first-order chi connectivity index (χ1) is 9.84. The Morgan fingerprint density at radius 1 is 1.00 bits per heavy atom. The lowest BCUT2D eigenvalue weighted by molar-refractivity contribution is 0.528. The molecule has 0 amide bonds. The van der Waals surface area contributed by atoms with E-state index < -0.39 is 9.84 Å². The molecule has 1 aliphatic rings. The minimum atomic E-state index is -3.42. The van der Waals surface area contributed by atoms with Gasteiger partial charge in [-0.25, -0.2) is 8.42 Å². The monoisotopic (exact) mass is 300 g/mol. The third-order valence-corrected chi connectivity index (χ3v) is 6.31. The van der Waals surface area contributed by atoms with E-state index in [1.807, 2.05) is 44.2 Å². The van der Waals surface area contributed by atoms with E-state index in [1.54, 1.807) is 6.07 Å². The molecule has 1 atom stereocenters. The highest BCUT2D eigenvalue weighted by Crippen LogP contribution is 2.46. The van der Waals surface area contributed by atoms with Crippen LogP contribution in [0.25, 0.3) is 0 Å². The average Bonchev–Trinajstić information content (AvgIpc) is 2.37. The van der Waals surface area contributed by atoms with Crippen LogP contribution < -0.4 is 0 Å². The summed E-state index contributed by atoms with van der Waals surface area (Å²) in [7, 11) is -3.42. The molecular formula is C18H20O2S. The van der Waals surface area contributed by atoms with Crippen LogP contribution in [-0.2, 0) is 9.84 Å². The fourth-order valence-electron chi connectivity index (χ4n) is 3.56. The van der Waals surface area contributed by atoms with Crippen LogP contribution in [0, 0.1) is 19.8 Å². The van der Waals surface area contributed by atoms with E-state index in [1.165, 1.54) is 0 Å². The molecular weight excluding hydrogens is 280 g/mol. The normalized spacial score (nSPS) is 19.2. The van der Waals surface area contributed by atoms with Crippen molar-refractivity contribution in [2.24, 2.45) is 5.92 Å². The van der Waals surface area contributed by atoms with E-state index in [-0.39, 0.29) is 5.92 Å². The molecule has 0 N–H and O–H groups in total. The molecule has 0 radical (unpaired) electrons. The SMILES string of the molecule is Cc1cc(C)c2c(c1)[C@@H](C(C)C)c1ccccc1S2(=O)=O. The van der Waals surface area contributed by atoms with Crippen LogP contribution >= 0.6 is 0 Å². The van der Waals surface area contributed by atoms with E-state index >= 15 is 0 Å². The van der Waals surface area contributed by atoms with Crippen LogP contribution in [0.15, 0.2) is 46.2 Å². The molecule has 3 rings (SSSR count). The van der Waals surface area contributed by atoms with Gasteiger partial charge >= 0.3 is 0 Å². The predicted molar refractivity (Wildman–Crippen MR) is 84.5 cm³/mol. The Kier molecular flexibility index (Phi) is 3.21. The second-order valence-corrected chi connectivity index (χ2v) is 8.12. The topological polar surface area (TPSA) is 34.1 Å². The Bertz CT molecular complexity index is 817. The van der Waals surface area contributed by atoms with Gasteiger partial charge in [0.05, 0.1) is 9.79 Å². The summed E-state index contributed by atoms with van der Waals surface area (Å²) in [5, 5.41) is 0. The van der Waals surface area contributed by atoms with Crippen molar-refractivity contribution in [3.05, 3.63) is 58.7 Å². The summed E-state index contributed by atoms with van der Waals surface area (Å²) in [6.07, 6.45) is 0. The summed E-state index contributed by atoms with van der Waals surface area (Å²) in [5.74, 6) is 0.486. The van der Waals surface area contributed by atoms with Gasteiger partial charge in [-0.1, -0.05) is 49.7 Å². The van der Waals surface area contributed by atoms with Gasteiger partial charge in [-0.2, -0.15) is 0 Å². The number of benzene rings is 2. The zero-order valence-electron chi connectivity index (χ0n) is 12.8. The third kappa shape index (κ3) is 2.03. The zero-order valence-corrected chi connectivity index (χ0v) is 13.7. The van der Waals surface area contributed by atoms with E-state index in [9.17, 15) is 8.42 Å². The van der Waals surface area contributed by atoms with Crippen molar-refractivity contribution in [1.82, 2.24) is 0 Å². The molecule has 1 heterocycles. The quantitative estimate of drug-likeness (QED) is 0.789. The number of hydrogen-bond acceptors (Lipinski definition) is 2. The van der Waals surface area contributed by atoms with Gasteiger partial charge in [0.1, 0.15) is 0 Å². The molecule has 0 aromatic heterocycles. The van der Waals surface area contributed by atoms with E-state index in [0.29, 0.717) is 15.7 Å². The summed E-state index contributed by atoms with van der Waals surface area (Å²) >= 11 is 0. The molecule has 0 spiro atoms. The fraction of sp³-hybridized carbons (Fsp3) is 0.333. The maximum Gasteiger partial charge on any atom is 0.207 e. The van der Waals surface area contributed by atoms with Crippen molar-refractivity contribution in [3.8, 4) is 0 Å². The van der Waals surface area contributed by atoms with Crippen molar-refractivity contribution >= 4 is 9.84 Å². The maximum absolute atomic E-state index is 13.0. The van der Waals surface area contributed by atoms with Gasteiger partial charge < -0.3 is 0 Å². The highest BCUT2D eigenvalue weighted by molar-refractivity contribution is 7.91. The molecule has 0 fully saturated rings. The van der Waals surface area contributed by atoms with Crippen molar-refractivity contribution in [3.63, 3.8) is 0 Å². The van der Waals surface area contributed by atoms with Crippen LogP contribution in [0.4, 0.5) is 0 Å². The molecule has 0 saturated heterocycles. The second-order valence-electron chi connectivity index (χ2n) is 6.26. The highest BCUT2D eigenvalue weighted by Gasteiger charge is 2.37. The van der Waals surface area contributed by atoms with Crippen LogP contribution in [0.2, 0.25) is 0 Å². The molecule has 0 saturated carbocycles. The summed E-state index contributed by atoms with van der Waals surface area (Å²) in [6, 6.07) is 11.4. The molecule has 110 valence electrons. The van der Waals surface area contributed by atoms with Crippen molar-refractivity contribution in [2.75, 3.05) is 0 Å². The summed E-state index contributed by atoms with van der Waals surface area (Å²) in [5.41, 5.74) is 3.86. The Hall–Kier alpha value is -1.61. The summed E-state index contributed by atoms with van der Waals surface area (Å²) in [6.45, 7) is 8.23. The first-order valence-electron chi connectivity index (χ1n) is 7.29. The molecule has 0 unspecified atom stereocenters. The lowest BCUT2D eigenvalue weighted by Gasteiger charge is -2.32. The average molecular weight is 300 g/mol. The van der Waals surface area contributed by atoms with E-state index in [0.717, 1.165) is 22.3 Å². The molecule has 2 nitrogen and oxygen atoms in total. The van der Waals surface area contributed by atoms with Gasteiger partial charge in [-0.3, -0.25) is 0 Å². The van der Waals surface area contributed by atoms with Gasteiger partial charge in [-0.05, 0) is 42.5 Å². The predicted octanol–water partition coefficient (Wildman–Crippen LogP) is 4.24. The molecule has 21 heavy (non-hydrogen) atoms. The van der Waals surface area contributed by atoms with Crippen LogP contribution in [-0.4, -0.2) is 8.42 Å². The fourth-order valence-corrected chi connectivity index (χ4v) is 5.53. The van der Waals surface area contributed by atoms with Gasteiger partial charge in [0, 0.05) is 5.92 Å². The molecule has 0 aliphatic carbocycles. The van der Waals surface area contributed by atoms with Crippen molar-refractivity contribution < 1.29 is 8.42 Å². The summed E-state index contributed by atoms with van der Waals surface area (Å²) < 4.78 is 26.0. The standard InChI is InChI=1S/C18H20O2S/c1-11(2)17-14-7-5-6-8-16(14)21(19,20)18-13(4)9-12(3)10-15(17)18/h5-11,17H,1-4H3/t17-/m0/s1. The minimum Gasteiger partial charge on any atom is -0.218 e. The van der Waals surface area contributed by atoms with Crippen LogP contribution in [0.1, 0.15) is 42.0 Å². The van der Waals surface area contributed by atoms with Crippen molar-refractivity contribution in [2.45, 2.75) is 43.4 Å². The first-order valence-corrected chi connectivity index (χ1v) is 8.77. The maximum atomic E-state index is 13.0. The number of hydrogen-bond donors (Lipinski definition) is 0. The van der Waals surface area contributed by atoms with Crippen molar-refractivity contribution in [1.29, 1.82) is 0 Å². The Labute approximate surface area is 126 Å². The first kappa shape index (κ1) is 14.3. The number of fused-ring (bicyclic) bond motifs is 2. The van der Waals surface area contributed by atoms with Gasteiger partial charge in [0.15, 0.2) is 0 Å².